The van der Waals surface area contributed by atoms with Crippen LogP contribution < -0.4 is 25.0 Å². The van der Waals surface area contributed by atoms with Crippen LogP contribution in [-0.2, 0) is 6.67 Å². The van der Waals surface area contributed by atoms with Crippen molar-refractivity contribution in [2.75, 3.05) is 43.8 Å². The Morgan fingerprint density at radius 2 is 1.80 bits per heavy atom. The van der Waals surface area contributed by atoms with Crippen LogP contribution in [0, 0.1) is 0 Å². The summed E-state index contributed by atoms with van der Waals surface area (Å²) >= 11 is 0. The molecule has 4 aromatic rings. The Kier molecular flexibility index (Phi) is 6.86. The van der Waals surface area contributed by atoms with Gasteiger partial charge in [0.2, 0.25) is 5.95 Å². The van der Waals surface area contributed by atoms with Gasteiger partial charge < -0.3 is 25.0 Å². The van der Waals surface area contributed by atoms with Crippen LogP contribution in [0.4, 0.5) is 27.5 Å². The van der Waals surface area contributed by atoms with Crippen molar-refractivity contribution in [1.29, 1.82) is 0 Å². The molecule has 10 nitrogen and oxygen atoms in total. The molecule has 0 fully saturated rings. The van der Waals surface area contributed by atoms with Crippen LogP contribution in [0.1, 0.15) is 15.9 Å². The quantitative estimate of drug-likeness (QED) is 0.389. The summed E-state index contributed by atoms with van der Waals surface area (Å²) in [6, 6.07) is 9.72. The van der Waals surface area contributed by atoms with E-state index in [1.807, 2.05) is 14.1 Å². The number of amides is 1. The number of carbonyl (C=O) groups excluding carboxylic acids is 1. The molecule has 0 atom stereocenters. The molecule has 0 bridgehead atoms. The lowest BCUT2D eigenvalue weighted by Gasteiger charge is -2.15. The molecule has 0 spiro atoms. The van der Waals surface area contributed by atoms with E-state index in [-0.39, 0.29) is 5.91 Å². The standard InChI is InChI=1S/C24H24FN7O3/c1-32(2)24-26-12-18-21(31-24)22(28-13-27-18)30-17-10-14(5-7-20(17)35-4)23(33)29-16-6-8-19(34-3)15(9-16)11-25/h5-10,12-13H,11H2,1-4H3,(H,29,33)(H,27,28,30). The summed E-state index contributed by atoms with van der Waals surface area (Å²) in [5, 5.41) is 5.97. The summed E-state index contributed by atoms with van der Waals surface area (Å²) in [5.74, 6) is 1.47. The summed E-state index contributed by atoms with van der Waals surface area (Å²) < 4.78 is 23.9. The molecular weight excluding hydrogens is 453 g/mol. The maximum absolute atomic E-state index is 13.3. The SMILES string of the molecule is COc1ccc(NC(=O)c2ccc(OC)c(Nc3ncnc4cnc(N(C)C)nc34)c2)cc1CF. The highest BCUT2D eigenvalue weighted by molar-refractivity contribution is 6.05. The normalized spacial score (nSPS) is 10.7. The molecular formula is C24H24FN7O3. The Morgan fingerprint density at radius 3 is 2.51 bits per heavy atom. The van der Waals surface area contributed by atoms with Gasteiger partial charge in [0.15, 0.2) is 5.82 Å². The molecule has 0 unspecified atom stereocenters. The van der Waals surface area contributed by atoms with Crippen molar-refractivity contribution in [2.45, 2.75) is 6.67 Å². The second kappa shape index (κ2) is 10.2. The van der Waals surface area contributed by atoms with Crippen LogP contribution >= 0.6 is 0 Å². The molecule has 2 heterocycles. The highest BCUT2D eigenvalue weighted by Crippen LogP contribution is 2.31. The smallest absolute Gasteiger partial charge is 0.255 e. The van der Waals surface area contributed by atoms with Gasteiger partial charge in [0.1, 0.15) is 35.5 Å². The molecule has 0 radical (unpaired) electrons. The minimum Gasteiger partial charge on any atom is -0.496 e. The van der Waals surface area contributed by atoms with Crippen molar-refractivity contribution in [2.24, 2.45) is 0 Å². The summed E-state index contributed by atoms with van der Waals surface area (Å²) in [4.78, 5) is 32.1. The lowest BCUT2D eigenvalue weighted by molar-refractivity contribution is 0.102. The Balaban J connectivity index is 1.65. The molecule has 35 heavy (non-hydrogen) atoms. The van der Waals surface area contributed by atoms with Gasteiger partial charge in [-0.3, -0.25) is 4.79 Å². The molecule has 4 rings (SSSR count). The minimum atomic E-state index is -0.713. The second-order valence-corrected chi connectivity index (χ2v) is 7.67. The number of hydrogen-bond donors (Lipinski definition) is 2. The number of halogens is 1. The number of carbonyl (C=O) groups is 1. The van der Waals surface area contributed by atoms with Crippen molar-refractivity contribution in [1.82, 2.24) is 19.9 Å². The molecule has 2 aromatic carbocycles. The summed E-state index contributed by atoms with van der Waals surface area (Å²) in [7, 11) is 6.67. The van der Waals surface area contributed by atoms with Gasteiger partial charge in [0, 0.05) is 30.9 Å². The second-order valence-electron chi connectivity index (χ2n) is 7.67. The Morgan fingerprint density at radius 1 is 1.03 bits per heavy atom. The predicted octanol–water partition coefficient (Wildman–Crippen LogP) is 3.97. The van der Waals surface area contributed by atoms with E-state index in [4.69, 9.17) is 9.47 Å². The molecule has 1 amide bonds. The third-order valence-corrected chi connectivity index (χ3v) is 5.16. The number of anilines is 4. The van der Waals surface area contributed by atoms with Crippen LogP contribution in [0.15, 0.2) is 48.9 Å². The monoisotopic (exact) mass is 477 g/mol. The van der Waals surface area contributed by atoms with Gasteiger partial charge in [0.05, 0.1) is 26.1 Å². The van der Waals surface area contributed by atoms with Crippen molar-refractivity contribution in [3.63, 3.8) is 0 Å². The van der Waals surface area contributed by atoms with Crippen LogP contribution in [0.5, 0.6) is 11.5 Å². The van der Waals surface area contributed by atoms with E-state index >= 15 is 0 Å². The predicted molar refractivity (Wildman–Crippen MR) is 131 cm³/mol. The number of nitrogens with one attached hydrogen (secondary N) is 2. The van der Waals surface area contributed by atoms with Gasteiger partial charge in [-0.05, 0) is 36.4 Å². The van der Waals surface area contributed by atoms with Gasteiger partial charge in [-0.2, -0.15) is 0 Å². The van der Waals surface area contributed by atoms with E-state index in [9.17, 15) is 9.18 Å². The third-order valence-electron chi connectivity index (χ3n) is 5.16. The van der Waals surface area contributed by atoms with E-state index in [1.54, 1.807) is 41.4 Å². The molecule has 180 valence electrons. The largest absolute Gasteiger partial charge is 0.496 e. The lowest BCUT2D eigenvalue weighted by Crippen LogP contribution is -2.13. The molecule has 2 N–H and O–H groups in total. The van der Waals surface area contributed by atoms with E-state index in [0.717, 1.165) is 0 Å². The first-order chi connectivity index (χ1) is 16.9. The van der Waals surface area contributed by atoms with Crippen molar-refractivity contribution < 1.29 is 18.7 Å². The van der Waals surface area contributed by atoms with Crippen LogP contribution in [-0.4, -0.2) is 54.2 Å². The van der Waals surface area contributed by atoms with Gasteiger partial charge in [-0.25, -0.2) is 24.3 Å². The van der Waals surface area contributed by atoms with Gasteiger partial charge in [-0.15, -0.1) is 0 Å². The fourth-order valence-electron chi connectivity index (χ4n) is 3.39. The molecule has 0 aliphatic carbocycles. The van der Waals surface area contributed by atoms with Gasteiger partial charge >= 0.3 is 0 Å². The Hall–Kier alpha value is -4.54. The molecule has 2 aromatic heterocycles. The maximum Gasteiger partial charge on any atom is 0.255 e. The van der Waals surface area contributed by atoms with E-state index < -0.39 is 6.67 Å². The molecule has 0 saturated carbocycles. The lowest BCUT2D eigenvalue weighted by atomic mass is 10.1. The van der Waals surface area contributed by atoms with E-state index in [1.165, 1.54) is 26.6 Å². The number of fused-ring (bicyclic) bond motifs is 1. The fourth-order valence-corrected chi connectivity index (χ4v) is 3.39. The maximum atomic E-state index is 13.3. The number of aromatic nitrogens is 4. The average Bonchev–Trinajstić information content (AvgIpc) is 2.88. The summed E-state index contributed by atoms with van der Waals surface area (Å²) in [6.07, 6.45) is 3.02. The molecule has 0 aliphatic heterocycles. The number of rotatable bonds is 8. The molecule has 0 aliphatic rings. The zero-order valence-electron chi connectivity index (χ0n) is 19.7. The highest BCUT2D eigenvalue weighted by atomic mass is 19.1. The van der Waals surface area contributed by atoms with E-state index in [0.29, 0.717) is 56.8 Å². The molecule has 0 saturated heterocycles. The van der Waals surface area contributed by atoms with Crippen molar-refractivity contribution in [3.05, 3.63) is 60.0 Å². The Labute approximate surface area is 201 Å². The number of nitrogens with zero attached hydrogens (tertiary/aromatic N) is 5. The first-order valence-electron chi connectivity index (χ1n) is 10.6. The van der Waals surface area contributed by atoms with Crippen LogP contribution in [0.2, 0.25) is 0 Å². The summed E-state index contributed by atoms with van der Waals surface area (Å²) in [5.41, 5.74) is 2.72. The van der Waals surface area contributed by atoms with Crippen molar-refractivity contribution >= 4 is 40.1 Å². The molecule has 11 heteroatoms. The number of benzene rings is 2. The minimum absolute atomic E-state index is 0.345. The number of alkyl halides is 1. The third kappa shape index (κ3) is 5.03. The first-order valence-corrected chi connectivity index (χ1v) is 10.6. The highest BCUT2D eigenvalue weighted by Gasteiger charge is 2.15. The number of ether oxygens (including phenoxy) is 2. The number of methoxy groups -OCH3 is 2. The van der Waals surface area contributed by atoms with Crippen LogP contribution in [0.3, 0.4) is 0 Å². The summed E-state index contributed by atoms with van der Waals surface area (Å²) in [6.45, 7) is -0.713. The Bertz CT molecular complexity index is 1380. The fraction of sp³-hybridized carbons (Fsp3) is 0.208. The van der Waals surface area contributed by atoms with Gasteiger partial charge in [0.25, 0.3) is 5.91 Å². The number of hydrogen-bond acceptors (Lipinski definition) is 9. The van der Waals surface area contributed by atoms with E-state index in [2.05, 4.69) is 30.6 Å². The van der Waals surface area contributed by atoms with Crippen LogP contribution in [0.25, 0.3) is 11.0 Å². The average molecular weight is 478 g/mol. The first kappa shape index (κ1) is 23.6. The van der Waals surface area contributed by atoms with Gasteiger partial charge in [-0.1, -0.05) is 0 Å². The zero-order chi connectivity index (χ0) is 24.9. The van der Waals surface area contributed by atoms with Crippen molar-refractivity contribution in [3.8, 4) is 11.5 Å². The topological polar surface area (TPSA) is 114 Å². The zero-order valence-corrected chi connectivity index (χ0v) is 19.7.